The van der Waals surface area contributed by atoms with Crippen molar-refractivity contribution in [3.63, 3.8) is 0 Å². The molecule has 1 aliphatic rings. The Hall–Kier alpha value is -2.50. The standard InChI is InChI=1S/C15H16N6OS/c1-10(22)19-15-18-6-13(23-15)9-21-7-12(8-21)20-14-3-2-11(4-16)5-17-14/h2-3,5-6,12H,7-9H2,1H3,(H,17,20)(H,18,19,22). The number of nitrogens with zero attached hydrogens (tertiary/aromatic N) is 4. The number of anilines is 2. The molecule has 8 heteroatoms. The molecular weight excluding hydrogens is 312 g/mol. The summed E-state index contributed by atoms with van der Waals surface area (Å²) in [6.45, 7) is 4.16. The van der Waals surface area contributed by atoms with E-state index in [1.165, 1.54) is 18.3 Å². The van der Waals surface area contributed by atoms with Crippen LogP contribution in [0.5, 0.6) is 0 Å². The fourth-order valence-corrected chi connectivity index (χ4v) is 3.26. The number of nitriles is 1. The molecular formula is C15H16N6OS. The maximum absolute atomic E-state index is 11.0. The zero-order chi connectivity index (χ0) is 16.2. The maximum Gasteiger partial charge on any atom is 0.223 e. The highest BCUT2D eigenvalue weighted by Crippen LogP contribution is 2.23. The van der Waals surface area contributed by atoms with Crippen LogP contribution in [0, 0.1) is 11.3 Å². The van der Waals surface area contributed by atoms with Crippen LogP contribution in [0.25, 0.3) is 0 Å². The molecule has 3 rings (SSSR count). The minimum atomic E-state index is -0.103. The average Bonchev–Trinajstić information content (AvgIpc) is 2.92. The van der Waals surface area contributed by atoms with Gasteiger partial charge in [0.2, 0.25) is 5.91 Å². The van der Waals surface area contributed by atoms with E-state index in [0.29, 0.717) is 16.7 Å². The molecule has 23 heavy (non-hydrogen) atoms. The highest BCUT2D eigenvalue weighted by atomic mass is 32.1. The van der Waals surface area contributed by atoms with Crippen LogP contribution < -0.4 is 10.6 Å². The Morgan fingerprint density at radius 2 is 2.26 bits per heavy atom. The molecule has 2 N–H and O–H groups in total. The van der Waals surface area contributed by atoms with Crippen LogP contribution in [0.4, 0.5) is 10.9 Å². The van der Waals surface area contributed by atoms with E-state index in [4.69, 9.17) is 5.26 Å². The third-order valence-corrected chi connectivity index (χ3v) is 4.32. The second kappa shape index (κ2) is 6.73. The van der Waals surface area contributed by atoms with E-state index in [-0.39, 0.29) is 5.91 Å². The smallest absolute Gasteiger partial charge is 0.223 e. The number of amides is 1. The first-order valence-corrected chi connectivity index (χ1v) is 8.01. The van der Waals surface area contributed by atoms with Crippen LogP contribution in [0.3, 0.4) is 0 Å². The zero-order valence-electron chi connectivity index (χ0n) is 12.6. The van der Waals surface area contributed by atoms with Gasteiger partial charge in [0, 0.05) is 43.8 Å². The summed E-state index contributed by atoms with van der Waals surface area (Å²) < 4.78 is 0. The molecule has 3 heterocycles. The third-order valence-electron chi connectivity index (χ3n) is 3.42. The summed E-state index contributed by atoms with van der Waals surface area (Å²) in [5.74, 6) is 0.688. The van der Waals surface area contributed by atoms with Crippen molar-refractivity contribution < 1.29 is 4.79 Å². The van der Waals surface area contributed by atoms with Gasteiger partial charge in [0.05, 0.1) is 11.6 Å². The zero-order valence-corrected chi connectivity index (χ0v) is 13.4. The Bertz CT molecular complexity index is 729. The summed E-state index contributed by atoms with van der Waals surface area (Å²) in [4.78, 5) is 22.8. The van der Waals surface area contributed by atoms with Crippen LogP contribution in [-0.4, -0.2) is 39.9 Å². The molecule has 1 aliphatic heterocycles. The number of pyridine rings is 1. The predicted molar refractivity (Wildman–Crippen MR) is 88.1 cm³/mol. The van der Waals surface area contributed by atoms with Crippen molar-refractivity contribution >= 4 is 28.2 Å². The van der Waals surface area contributed by atoms with Gasteiger partial charge in [-0.2, -0.15) is 5.26 Å². The molecule has 0 radical (unpaired) electrons. The van der Waals surface area contributed by atoms with Gasteiger partial charge in [-0.25, -0.2) is 9.97 Å². The molecule has 0 saturated carbocycles. The molecule has 1 saturated heterocycles. The van der Waals surface area contributed by atoms with Gasteiger partial charge in [0.15, 0.2) is 5.13 Å². The van der Waals surface area contributed by atoms with Crippen LogP contribution in [0.1, 0.15) is 17.4 Å². The fraction of sp³-hybridized carbons (Fsp3) is 0.333. The summed E-state index contributed by atoms with van der Waals surface area (Å²) >= 11 is 1.50. The molecule has 0 atom stereocenters. The van der Waals surface area contributed by atoms with E-state index in [1.807, 2.05) is 6.07 Å². The summed E-state index contributed by atoms with van der Waals surface area (Å²) in [5.41, 5.74) is 0.561. The molecule has 0 unspecified atom stereocenters. The minimum absolute atomic E-state index is 0.103. The number of aromatic nitrogens is 2. The van der Waals surface area contributed by atoms with E-state index < -0.39 is 0 Å². The SMILES string of the molecule is CC(=O)Nc1ncc(CN2CC(Nc3ccc(C#N)cn3)C2)s1. The van der Waals surface area contributed by atoms with Crippen molar-refractivity contribution in [3.8, 4) is 6.07 Å². The third kappa shape index (κ3) is 4.03. The van der Waals surface area contributed by atoms with E-state index in [1.54, 1.807) is 18.5 Å². The number of thiazole rings is 1. The van der Waals surface area contributed by atoms with E-state index >= 15 is 0 Å². The van der Waals surface area contributed by atoms with E-state index in [9.17, 15) is 4.79 Å². The lowest BCUT2D eigenvalue weighted by Crippen LogP contribution is -2.54. The van der Waals surface area contributed by atoms with Gasteiger partial charge in [-0.15, -0.1) is 11.3 Å². The molecule has 118 valence electrons. The first-order valence-electron chi connectivity index (χ1n) is 7.20. The molecule has 1 fully saturated rings. The average molecular weight is 328 g/mol. The Labute approximate surface area is 138 Å². The van der Waals surface area contributed by atoms with Gasteiger partial charge in [-0.05, 0) is 12.1 Å². The topological polar surface area (TPSA) is 93.9 Å². The lowest BCUT2D eigenvalue weighted by molar-refractivity contribution is -0.114. The summed E-state index contributed by atoms with van der Waals surface area (Å²) in [7, 11) is 0. The van der Waals surface area contributed by atoms with Crippen molar-refractivity contribution in [2.24, 2.45) is 0 Å². The van der Waals surface area contributed by atoms with Gasteiger partial charge in [-0.3, -0.25) is 9.69 Å². The number of hydrogen-bond donors (Lipinski definition) is 2. The highest BCUT2D eigenvalue weighted by molar-refractivity contribution is 7.15. The normalized spacial score (nSPS) is 14.8. The lowest BCUT2D eigenvalue weighted by Gasteiger charge is -2.39. The quantitative estimate of drug-likeness (QED) is 0.867. The molecule has 0 aliphatic carbocycles. The number of carbonyl (C=O) groups is 1. The number of likely N-dealkylation sites (tertiary alicyclic amines) is 1. The predicted octanol–water partition coefficient (Wildman–Crippen LogP) is 1.66. The molecule has 0 spiro atoms. The molecule has 0 bridgehead atoms. The second-order valence-electron chi connectivity index (χ2n) is 5.39. The van der Waals surface area contributed by atoms with Crippen LogP contribution in [0.2, 0.25) is 0 Å². The molecule has 2 aromatic heterocycles. The first-order chi connectivity index (χ1) is 11.1. The fourth-order valence-electron chi connectivity index (χ4n) is 2.35. The minimum Gasteiger partial charge on any atom is -0.365 e. The second-order valence-corrected chi connectivity index (χ2v) is 6.51. The summed E-state index contributed by atoms with van der Waals surface area (Å²) in [6.07, 6.45) is 3.37. The Kier molecular flexibility index (Phi) is 4.50. The summed E-state index contributed by atoms with van der Waals surface area (Å²) in [6, 6.07) is 5.99. The number of carbonyl (C=O) groups excluding carboxylic acids is 1. The maximum atomic E-state index is 11.0. The van der Waals surface area contributed by atoms with Crippen molar-refractivity contribution in [2.75, 3.05) is 23.7 Å². The van der Waals surface area contributed by atoms with Gasteiger partial charge in [0.25, 0.3) is 0 Å². The lowest BCUT2D eigenvalue weighted by atomic mass is 10.1. The van der Waals surface area contributed by atoms with Crippen LogP contribution >= 0.6 is 11.3 Å². The molecule has 2 aromatic rings. The van der Waals surface area contributed by atoms with Crippen LogP contribution in [-0.2, 0) is 11.3 Å². The van der Waals surface area contributed by atoms with Gasteiger partial charge >= 0.3 is 0 Å². The van der Waals surface area contributed by atoms with Crippen molar-refractivity contribution in [1.29, 1.82) is 5.26 Å². The van der Waals surface area contributed by atoms with E-state index in [0.717, 1.165) is 30.3 Å². The van der Waals surface area contributed by atoms with Crippen LogP contribution in [0.15, 0.2) is 24.5 Å². The van der Waals surface area contributed by atoms with Gasteiger partial charge in [0.1, 0.15) is 11.9 Å². The largest absolute Gasteiger partial charge is 0.365 e. The Morgan fingerprint density at radius 3 is 2.91 bits per heavy atom. The van der Waals surface area contributed by atoms with Crippen molar-refractivity contribution in [1.82, 2.24) is 14.9 Å². The molecule has 7 nitrogen and oxygen atoms in total. The van der Waals surface area contributed by atoms with Crippen molar-refractivity contribution in [2.45, 2.75) is 19.5 Å². The Balaban J connectivity index is 1.44. The number of rotatable bonds is 5. The Morgan fingerprint density at radius 1 is 1.43 bits per heavy atom. The molecule has 1 amide bonds. The molecule has 0 aromatic carbocycles. The number of hydrogen-bond acceptors (Lipinski definition) is 7. The highest BCUT2D eigenvalue weighted by Gasteiger charge is 2.27. The van der Waals surface area contributed by atoms with Gasteiger partial charge < -0.3 is 10.6 Å². The number of nitrogens with one attached hydrogen (secondary N) is 2. The first kappa shape index (κ1) is 15.4. The van der Waals surface area contributed by atoms with Crippen molar-refractivity contribution in [3.05, 3.63) is 35.0 Å². The van der Waals surface area contributed by atoms with E-state index in [2.05, 4.69) is 31.6 Å². The summed E-state index contributed by atoms with van der Waals surface area (Å²) in [5, 5.41) is 15.4. The monoisotopic (exact) mass is 328 g/mol. The van der Waals surface area contributed by atoms with Gasteiger partial charge in [-0.1, -0.05) is 0 Å².